The van der Waals surface area contributed by atoms with Crippen LogP contribution in [-0.2, 0) is 14.3 Å². The van der Waals surface area contributed by atoms with E-state index in [1.165, 1.54) is 24.3 Å². The van der Waals surface area contributed by atoms with Crippen LogP contribution in [-0.4, -0.2) is 23.4 Å². The lowest BCUT2D eigenvalue weighted by Gasteiger charge is -2.07. The molecule has 0 aliphatic carbocycles. The van der Waals surface area contributed by atoms with Crippen molar-refractivity contribution in [3.63, 3.8) is 0 Å². The predicted octanol–water partition coefficient (Wildman–Crippen LogP) is 4.41. The van der Waals surface area contributed by atoms with Gasteiger partial charge in [0.2, 0.25) is 0 Å². The SMILES string of the molecule is Cc1ccc(/C=C/C(=O)OCC(=O)Nc2ccc([N+](=O)[O-])cc2Cl)cc1Cl. The van der Waals surface area contributed by atoms with Gasteiger partial charge in [0.25, 0.3) is 11.6 Å². The average Bonchev–Trinajstić information content (AvgIpc) is 2.62. The van der Waals surface area contributed by atoms with Crippen LogP contribution in [0.15, 0.2) is 42.5 Å². The van der Waals surface area contributed by atoms with Gasteiger partial charge in [0.05, 0.1) is 15.6 Å². The number of rotatable bonds is 6. The van der Waals surface area contributed by atoms with E-state index >= 15 is 0 Å². The Bertz CT molecular complexity index is 928. The molecule has 1 N–H and O–H groups in total. The summed E-state index contributed by atoms with van der Waals surface area (Å²) in [6.07, 6.45) is 2.69. The number of halogens is 2. The van der Waals surface area contributed by atoms with E-state index in [4.69, 9.17) is 27.9 Å². The Morgan fingerprint density at radius 3 is 2.56 bits per heavy atom. The molecule has 0 spiro atoms. The van der Waals surface area contributed by atoms with Gasteiger partial charge in [-0.1, -0.05) is 35.3 Å². The maximum absolute atomic E-state index is 11.8. The Morgan fingerprint density at radius 2 is 1.93 bits per heavy atom. The molecule has 0 aliphatic heterocycles. The monoisotopic (exact) mass is 408 g/mol. The molecule has 0 heterocycles. The molecule has 2 aromatic rings. The maximum atomic E-state index is 11.8. The topological polar surface area (TPSA) is 98.5 Å². The fourth-order valence-electron chi connectivity index (χ4n) is 1.97. The predicted molar refractivity (Wildman–Crippen MR) is 103 cm³/mol. The third kappa shape index (κ3) is 6.09. The number of hydrogen-bond acceptors (Lipinski definition) is 5. The molecule has 27 heavy (non-hydrogen) atoms. The van der Waals surface area contributed by atoms with E-state index in [9.17, 15) is 19.7 Å². The number of nitrogens with one attached hydrogen (secondary N) is 1. The van der Waals surface area contributed by atoms with E-state index in [1.807, 2.05) is 13.0 Å². The van der Waals surface area contributed by atoms with Crippen LogP contribution in [0.25, 0.3) is 6.08 Å². The number of carbonyl (C=O) groups is 2. The molecule has 140 valence electrons. The molecule has 0 aliphatic rings. The Hall–Kier alpha value is -2.90. The van der Waals surface area contributed by atoms with Gasteiger partial charge < -0.3 is 10.1 Å². The van der Waals surface area contributed by atoms with Gasteiger partial charge in [-0.05, 0) is 36.3 Å². The minimum absolute atomic E-state index is 0.0000205. The lowest BCUT2D eigenvalue weighted by molar-refractivity contribution is -0.384. The number of carbonyl (C=O) groups excluding carboxylic acids is 2. The zero-order valence-corrected chi connectivity index (χ0v) is 15.6. The van der Waals surface area contributed by atoms with Crippen LogP contribution >= 0.6 is 23.2 Å². The summed E-state index contributed by atoms with van der Waals surface area (Å²) in [5.41, 5.74) is 1.60. The molecule has 0 atom stereocenters. The molecule has 0 saturated heterocycles. The van der Waals surface area contributed by atoms with E-state index in [0.29, 0.717) is 10.6 Å². The van der Waals surface area contributed by atoms with E-state index in [1.54, 1.807) is 12.1 Å². The number of benzene rings is 2. The van der Waals surface area contributed by atoms with Crippen LogP contribution in [0, 0.1) is 17.0 Å². The number of esters is 1. The number of ether oxygens (including phenoxy) is 1. The van der Waals surface area contributed by atoms with Crippen molar-refractivity contribution in [3.8, 4) is 0 Å². The molecule has 2 aromatic carbocycles. The number of aryl methyl sites for hydroxylation is 1. The molecule has 0 aromatic heterocycles. The summed E-state index contributed by atoms with van der Waals surface area (Å²) in [4.78, 5) is 33.6. The minimum Gasteiger partial charge on any atom is -0.452 e. The van der Waals surface area contributed by atoms with Crippen LogP contribution in [0.2, 0.25) is 10.0 Å². The first kappa shape index (κ1) is 20.4. The molecule has 9 heteroatoms. The van der Waals surface area contributed by atoms with E-state index in [-0.39, 0.29) is 16.4 Å². The quantitative estimate of drug-likeness (QED) is 0.330. The van der Waals surface area contributed by atoms with Crippen molar-refractivity contribution in [1.82, 2.24) is 0 Å². The van der Waals surface area contributed by atoms with E-state index in [2.05, 4.69) is 5.32 Å². The summed E-state index contributed by atoms with van der Waals surface area (Å²) in [5, 5.41) is 13.6. The van der Waals surface area contributed by atoms with Crippen LogP contribution in [0.1, 0.15) is 11.1 Å². The molecule has 0 unspecified atom stereocenters. The highest BCUT2D eigenvalue weighted by Gasteiger charge is 2.12. The summed E-state index contributed by atoms with van der Waals surface area (Å²) >= 11 is 11.9. The first-order valence-corrected chi connectivity index (χ1v) is 8.36. The molecular formula is C18H14Cl2N2O5. The Morgan fingerprint density at radius 1 is 1.19 bits per heavy atom. The van der Waals surface area contributed by atoms with Gasteiger partial charge in [-0.25, -0.2) is 4.79 Å². The third-order valence-electron chi connectivity index (χ3n) is 3.39. The zero-order valence-electron chi connectivity index (χ0n) is 14.1. The normalized spacial score (nSPS) is 10.6. The maximum Gasteiger partial charge on any atom is 0.331 e. The van der Waals surface area contributed by atoms with Crippen molar-refractivity contribution < 1.29 is 19.2 Å². The summed E-state index contributed by atoms with van der Waals surface area (Å²) in [5.74, 6) is -1.34. The average molecular weight is 409 g/mol. The molecule has 0 radical (unpaired) electrons. The van der Waals surface area contributed by atoms with E-state index < -0.39 is 23.4 Å². The fraction of sp³-hybridized carbons (Fsp3) is 0.111. The van der Waals surface area contributed by atoms with Crippen LogP contribution in [0.3, 0.4) is 0 Å². The minimum atomic E-state index is -0.711. The highest BCUT2D eigenvalue weighted by atomic mass is 35.5. The lowest BCUT2D eigenvalue weighted by atomic mass is 10.1. The number of amides is 1. The van der Waals surface area contributed by atoms with Crippen molar-refractivity contribution in [2.24, 2.45) is 0 Å². The lowest BCUT2D eigenvalue weighted by Crippen LogP contribution is -2.20. The van der Waals surface area contributed by atoms with Gasteiger partial charge in [-0.2, -0.15) is 0 Å². The molecule has 7 nitrogen and oxygen atoms in total. The smallest absolute Gasteiger partial charge is 0.331 e. The van der Waals surface area contributed by atoms with Crippen molar-refractivity contribution in [2.75, 3.05) is 11.9 Å². The molecule has 0 saturated carbocycles. The van der Waals surface area contributed by atoms with Crippen LogP contribution in [0.5, 0.6) is 0 Å². The van der Waals surface area contributed by atoms with Gasteiger partial charge >= 0.3 is 5.97 Å². The largest absolute Gasteiger partial charge is 0.452 e. The number of nitrogens with zero attached hydrogens (tertiary/aromatic N) is 1. The Balaban J connectivity index is 1.87. The molecule has 0 fully saturated rings. The molecule has 1 amide bonds. The van der Waals surface area contributed by atoms with Crippen molar-refractivity contribution >= 4 is 52.5 Å². The highest BCUT2D eigenvalue weighted by Crippen LogP contribution is 2.26. The van der Waals surface area contributed by atoms with Crippen molar-refractivity contribution in [2.45, 2.75) is 6.92 Å². The Kier molecular flexibility index (Phi) is 6.92. The second-order valence-corrected chi connectivity index (χ2v) is 6.23. The number of nitro groups is 1. The zero-order chi connectivity index (χ0) is 20.0. The van der Waals surface area contributed by atoms with Gasteiger partial charge in [0, 0.05) is 23.2 Å². The second kappa shape index (κ2) is 9.16. The van der Waals surface area contributed by atoms with Crippen LogP contribution < -0.4 is 5.32 Å². The van der Waals surface area contributed by atoms with Crippen LogP contribution in [0.4, 0.5) is 11.4 Å². The highest BCUT2D eigenvalue weighted by molar-refractivity contribution is 6.34. The van der Waals surface area contributed by atoms with Crippen molar-refractivity contribution in [3.05, 3.63) is 73.8 Å². The number of non-ortho nitro benzene ring substituents is 1. The third-order valence-corrected chi connectivity index (χ3v) is 4.11. The summed E-state index contributed by atoms with van der Waals surface area (Å²) in [6.45, 7) is 1.32. The first-order chi connectivity index (χ1) is 12.8. The number of hydrogen-bond donors (Lipinski definition) is 1. The Labute approximate surface area is 164 Å². The number of nitro benzene ring substituents is 1. The second-order valence-electron chi connectivity index (χ2n) is 5.42. The summed E-state index contributed by atoms with van der Waals surface area (Å²) in [6, 6.07) is 8.90. The van der Waals surface area contributed by atoms with Gasteiger partial charge in [0.1, 0.15) is 0 Å². The summed E-state index contributed by atoms with van der Waals surface area (Å²) < 4.78 is 4.83. The first-order valence-electron chi connectivity index (χ1n) is 7.61. The fourth-order valence-corrected chi connectivity index (χ4v) is 2.38. The standard InChI is InChI=1S/C18H14Cl2N2O5/c1-11-2-3-12(8-14(11)19)4-7-18(24)27-10-17(23)21-16-6-5-13(22(25)26)9-15(16)20/h2-9H,10H2,1H3,(H,21,23)/b7-4+. The van der Waals surface area contributed by atoms with Gasteiger partial charge in [-0.3, -0.25) is 14.9 Å². The van der Waals surface area contributed by atoms with Gasteiger partial charge in [-0.15, -0.1) is 0 Å². The van der Waals surface area contributed by atoms with E-state index in [0.717, 1.165) is 11.6 Å². The van der Waals surface area contributed by atoms with Gasteiger partial charge in [0.15, 0.2) is 6.61 Å². The molecule has 0 bridgehead atoms. The molecule has 2 rings (SSSR count). The number of anilines is 1. The van der Waals surface area contributed by atoms with Crippen molar-refractivity contribution in [1.29, 1.82) is 0 Å². The molecular weight excluding hydrogens is 395 g/mol. The summed E-state index contributed by atoms with van der Waals surface area (Å²) in [7, 11) is 0.